The van der Waals surface area contributed by atoms with Gasteiger partial charge in [0.05, 0.1) is 0 Å². The predicted molar refractivity (Wildman–Crippen MR) is 72.5 cm³/mol. The number of rotatable bonds is 3. The number of benzene rings is 1. The van der Waals surface area contributed by atoms with Gasteiger partial charge in [0.25, 0.3) is 0 Å². The van der Waals surface area contributed by atoms with Crippen LogP contribution in [-0.2, 0) is 0 Å². The van der Waals surface area contributed by atoms with Crippen LogP contribution in [0.2, 0.25) is 10.2 Å². The Kier molecular flexibility index (Phi) is 3.93. The second-order valence-electron chi connectivity index (χ2n) is 3.80. The molecule has 1 N–H and O–H groups in total. The third-order valence-electron chi connectivity index (χ3n) is 2.40. The van der Waals surface area contributed by atoms with Gasteiger partial charge in [-0.3, -0.25) is 0 Å². The second kappa shape index (κ2) is 5.47. The lowest BCUT2D eigenvalue weighted by Crippen LogP contribution is -2.02. The van der Waals surface area contributed by atoms with E-state index < -0.39 is 5.97 Å². The van der Waals surface area contributed by atoms with Crippen LogP contribution in [0.5, 0.6) is 11.6 Å². The summed E-state index contributed by atoms with van der Waals surface area (Å²) in [5.41, 5.74) is 0.712. The first-order chi connectivity index (χ1) is 8.97. The summed E-state index contributed by atoms with van der Waals surface area (Å²) in [5, 5.41) is 9.79. The first kappa shape index (κ1) is 13.6. The number of carboxylic acid groups (broad SMARTS) is 1. The second-order valence-corrected chi connectivity index (χ2v) is 4.63. The molecule has 0 aliphatic heterocycles. The van der Waals surface area contributed by atoms with Crippen molar-refractivity contribution in [1.29, 1.82) is 0 Å². The molecule has 2 aromatic rings. The van der Waals surface area contributed by atoms with E-state index in [1.54, 1.807) is 25.1 Å². The number of aromatic carboxylic acids is 1. The van der Waals surface area contributed by atoms with E-state index in [0.717, 1.165) is 5.56 Å². The average Bonchev–Trinajstić information content (AvgIpc) is 2.32. The van der Waals surface area contributed by atoms with Gasteiger partial charge in [0.2, 0.25) is 5.88 Å². The standard InChI is InChI=1S/C13H9Cl2NO3/c1-7-6-8(14)2-4-10(7)19-12-9(13(17)18)3-5-11(15)16-12/h2-6H,1H3,(H,17,18). The SMILES string of the molecule is Cc1cc(Cl)ccc1Oc1nc(Cl)ccc1C(=O)O. The average molecular weight is 298 g/mol. The molecule has 0 spiro atoms. The first-order valence-electron chi connectivity index (χ1n) is 5.31. The summed E-state index contributed by atoms with van der Waals surface area (Å²) in [6, 6.07) is 7.74. The summed E-state index contributed by atoms with van der Waals surface area (Å²) in [5.74, 6) is -0.710. The molecule has 0 unspecified atom stereocenters. The zero-order valence-corrected chi connectivity index (χ0v) is 11.4. The maximum absolute atomic E-state index is 11.1. The molecule has 4 nitrogen and oxygen atoms in total. The number of nitrogens with zero attached hydrogens (tertiary/aromatic N) is 1. The van der Waals surface area contributed by atoms with Crippen LogP contribution in [0.15, 0.2) is 30.3 Å². The van der Waals surface area contributed by atoms with E-state index in [4.69, 9.17) is 33.0 Å². The lowest BCUT2D eigenvalue weighted by Gasteiger charge is -2.10. The van der Waals surface area contributed by atoms with Crippen molar-refractivity contribution in [2.75, 3.05) is 0 Å². The highest BCUT2D eigenvalue weighted by Crippen LogP contribution is 2.29. The van der Waals surface area contributed by atoms with E-state index in [9.17, 15) is 4.79 Å². The summed E-state index contributed by atoms with van der Waals surface area (Å²) in [6.45, 7) is 1.80. The van der Waals surface area contributed by atoms with Gasteiger partial charge < -0.3 is 9.84 Å². The molecule has 98 valence electrons. The van der Waals surface area contributed by atoms with E-state index in [2.05, 4.69) is 4.98 Å². The minimum absolute atomic E-state index is 0.0505. The number of carboxylic acids is 1. The summed E-state index contributed by atoms with van der Waals surface area (Å²) in [7, 11) is 0. The Morgan fingerprint density at radius 1 is 1.26 bits per heavy atom. The van der Waals surface area contributed by atoms with Crippen LogP contribution in [0.4, 0.5) is 0 Å². The summed E-state index contributed by atoms with van der Waals surface area (Å²) < 4.78 is 5.50. The van der Waals surface area contributed by atoms with Gasteiger partial charge in [-0.05, 0) is 42.8 Å². The molecule has 0 fully saturated rings. The van der Waals surface area contributed by atoms with Gasteiger partial charge in [-0.1, -0.05) is 23.2 Å². The molecule has 0 bridgehead atoms. The van der Waals surface area contributed by atoms with Crippen molar-refractivity contribution in [3.63, 3.8) is 0 Å². The number of halogens is 2. The Morgan fingerprint density at radius 3 is 2.63 bits per heavy atom. The molecule has 0 aliphatic rings. The largest absolute Gasteiger partial charge is 0.477 e. The van der Waals surface area contributed by atoms with E-state index in [1.165, 1.54) is 12.1 Å². The number of carbonyl (C=O) groups is 1. The van der Waals surface area contributed by atoms with Crippen molar-refractivity contribution in [1.82, 2.24) is 4.98 Å². The number of ether oxygens (including phenoxy) is 1. The van der Waals surface area contributed by atoms with Crippen molar-refractivity contribution in [2.45, 2.75) is 6.92 Å². The third-order valence-corrected chi connectivity index (χ3v) is 2.85. The van der Waals surface area contributed by atoms with Crippen LogP contribution in [0.3, 0.4) is 0 Å². The Hall–Kier alpha value is -1.78. The van der Waals surface area contributed by atoms with Crippen molar-refractivity contribution in [2.24, 2.45) is 0 Å². The van der Waals surface area contributed by atoms with Gasteiger partial charge in [0, 0.05) is 5.02 Å². The molecule has 1 aromatic carbocycles. The van der Waals surface area contributed by atoms with Crippen molar-refractivity contribution in [3.05, 3.63) is 51.6 Å². The highest BCUT2D eigenvalue weighted by molar-refractivity contribution is 6.30. The van der Waals surface area contributed by atoms with Crippen LogP contribution in [0, 0.1) is 6.92 Å². The molecule has 0 radical (unpaired) electrons. The Morgan fingerprint density at radius 2 is 2.00 bits per heavy atom. The Labute approximate surface area is 119 Å². The predicted octanol–water partition coefficient (Wildman–Crippen LogP) is 4.19. The fourth-order valence-electron chi connectivity index (χ4n) is 1.49. The van der Waals surface area contributed by atoms with Crippen LogP contribution >= 0.6 is 23.2 Å². The summed E-state index contributed by atoms with van der Waals surface area (Å²) in [4.78, 5) is 15.0. The van der Waals surface area contributed by atoms with Crippen LogP contribution < -0.4 is 4.74 Å². The molecular weight excluding hydrogens is 289 g/mol. The minimum Gasteiger partial charge on any atom is -0.477 e. The summed E-state index contributed by atoms with van der Waals surface area (Å²) >= 11 is 11.6. The first-order valence-corrected chi connectivity index (χ1v) is 6.07. The number of aryl methyl sites for hydroxylation is 1. The smallest absolute Gasteiger partial charge is 0.341 e. The maximum atomic E-state index is 11.1. The Bertz CT molecular complexity index is 644. The zero-order valence-electron chi connectivity index (χ0n) is 9.85. The van der Waals surface area contributed by atoms with E-state index in [-0.39, 0.29) is 16.6 Å². The maximum Gasteiger partial charge on any atom is 0.341 e. The highest BCUT2D eigenvalue weighted by Gasteiger charge is 2.15. The van der Waals surface area contributed by atoms with E-state index in [0.29, 0.717) is 10.8 Å². The topological polar surface area (TPSA) is 59.4 Å². The molecule has 2 rings (SSSR count). The molecule has 0 atom stereocenters. The number of hydrogen-bond donors (Lipinski definition) is 1. The molecule has 0 aliphatic carbocycles. The van der Waals surface area contributed by atoms with E-state index in [1.807, 2.05) is 0 Å². The van der Waals surface area contributed by atoms with E-state index >= 15 is 0 Å². The van der Waals surface area contributed by atoms with Crippen molar-refractivity contribution in [3.8, 4) is 11.6 Å². The van der Waals surface area contributed by atoms with Gasteiger partial charge >= 0.3 is 5.97 Å². The molecule has 1 heterocycles. The van der Waals surface area contributed by atoms with Gasteiger partial charge in [0.15, 0.2) is 0 Å². The molecular formula is C13H9Cl2NO3. The quantitative estimate of drug-likeness (QED) is 0.863. The van der Waals surface area contributed by atoms with Gasteiger partial charge in [0.1, 0.15) is 16.5 Å². The van der Waals surface area contributed by atoms with Gasteiger partial charge in [-0.2, -0.15) is 0 Å². The van der Waals surface area contributed by atoms with Gasteiger partial charge in [-0.25, -0.2) is 9.78 Å². The summed E-state index contributed by atoms with van der Waals surface area (Å²) in [6.07, 6.45) is 0. The molecule has 1 aromatic heterocycles. The molecule has 0 saturated carbocycles. The lowest BCUT2D eigenvalue weighted by molar-refractivity contribution is 0.0693. The Balaban J connectivity index is 2.42. The van der Waals surface area contributed by atoms with Crippen molar-refractivity contribution >= 4 is 29.2 Å². The van der Waals surface area contributed by atoms with Gasteiger partial charge in [-0.15, -0.1) is 0 Å². The normalized spacial score (nSPS) is 10.3. The van der Waals surface area contributed by atoms with Crippen LogP contribution in [0.1, 0.15) is 15.9 Å². The molecule has 19 heavy (non-hydrogen) atoms. The zero-order chi connectivity index (χ0) is 14.0. The fourth-order valence-corrected chi connectivity index (χ4v) is 1.86. The fraction of sp³-hybridized carbons (Fsp3) is 0.0769. The molecule has 6 heteroatoms. The van der Waals surface area contributed by atoms with Crippen LogP contribution in [-0.4, -0.2) is 16.1 Å². The number of pyridine rings is 1. The number of aromatic nitrogens is 1. The number of hydrogen-bond acceptors (Lipinski definition) is 3. The highest BCUT2D eigenvalue weighted by atomic mass is 35.5. The molecule has 0 saturated heterocycles. The minimum atomic E-state index is -1.13. The molecule has 0 amide bonds. The third kappa shape index (κ3) is 3.16. The van der Waals surface area contributed by atoms with Crippen LogP contribution in [0.25, 0.3) is 0 Å². The lowest BCUT2D eigenvalue weighted by atomic mass is 10.2. The monoisotopic (exact) mass is 297 g/mol. The van der Waals surface area contributed by atoms with Crippen molar-refractivity contribution < 1.29 is 14.6 Å².